The highest BCUT2D eigenvalue weighted by Gasteiger charge is 2.39. The quantitative estimate of drug-likeness (QED) is 0.360. The Morgan fingerprint density at radius 3 is 2.41 bits per heavy atom. The van der Waals surface area contributed by atoms with Crippen molar-refractivity contribution in [3.05, 3.63) is 45.1 Å². The normalized spacial score (nSPS) is 15.4. The molecule has 41 heavy (non-hydrogen) atoms. The minimum atomic E-state index is -4.99. The Balaban J connectivity index is 1.93. The molecule has 1 aliphatic heterocycles. The number of nitrogens with one attached hydrogen (secondary N) is 2. The summed E-state index contributed by atoms with van der Waals surface area (Å²) in [6.07, 6.45) is -9.73. The Hall–Kier alpha value is -2.88. The molecule has 0 radical (unpaired) electrons. The number of carbonyl (C=O) groups is 3. The Labute approximate surface area is 240 Å². The molecule has 0 unspecified atom stereocenters. The van der Waals surface area contributed by atoms with Crippen LogP contribution in [0.3, 0.4) is 0 Å². The number of anilines is 2. The molecule has 2 N–H and O–H groups in total. The van der Waals surface area contributed by atoms with E-state index in [2.05, 4.69) is 10.6 Å². The summed E-state index contributed by atoms with van der Waals surface area (Å²) in [6.45, 7) is 0.607. The molecule has 1 aliphatic rings. The second kappa shape index (κ2) is 13.4. The lowest BCUT2D eigenvalue weighted by molar-refractivity contribution is -0.154. The van der Waals surface area contributed by atoms with Gasteiger partial charge in [-0.3, -0.25) is 19.3 Å². The molecule has 2 aromatic rings. The molecule has 0 spiro atoms. The lowest BCUT2D eigenvalue weighted by Gasteiger charge is -2.33. The smallest absolute Gasteiger partial charge is 0.370 e. The van der Waals surface area contributed by atoms with Gasteiger partial charge in [-0.05, 0) is 36.2 Å². The predicted octanol–water partition coefficient (Wildman–Crippen LogP) is 5.04. The van der Waals surface area contributed by atoms with Gasteiger partial charge in [0.2, 0.25) is 5.91 Å². The van der Waals surface area contributed by atoms with E-state index in [0.717, 1.165) is 27.2 Å². The highest BCUT2D eigenvalue weighted by atomic mass is 35.5. The monoisotopic (exact) mass is 628 g/mol. The maximum absolute atomic E-state index is 14.0. The van der Waals surface area contributed by atoms with Crippen LogP contribution >= 0.6 is 22.9 Å². The van der Waals surface area contributed by atoms with Crippen LogP contribution in [-0.4, -0.2) is 74.2 Å². The Kier molecular flexibility index (Phi) is 10.7. The minimum Gasteiger partial charge on any atom is -0.370 e. The van der Waals surface area contributed by atoms with Gasteiger partial charge < -0.3 is 20.3 Å². The first kappa shape index (κ1) is 32.6. The molecule has 1 saturated heterocycles. The SMILES string of the molecule is CC(C)CN(CC(F)(F)F)[C@H](CNC(=O)c1ccc(Cl)s1)C(=O)Nc1ccc(N2CCOCC2=O)cc1C(F)(F)F. The zero-order chi connectivity index (χ0) is 30.5. The van der Waals surface area contributed by atoms with Crippen LogP contribution in [0.25, 0.3) is 0 Å². The van der Waals surface area contributed by atoms with Crippen molar-refractivity contribution in [1.82, 2.24) is 10.2 Å². The largest absolute Gasteiger partial charge is 0.418 e. The number of morpholine rings is 1. The van der Waals surface area contributed by atoms with Gasteiger partial charge in [-0.25, -0.2) is 0 Å². The van der Waals surface area contributed by atoms with Gasteiger partial charge in [0.1, 0.15) is 12.6 Å². The standard InChI is InChI=1S/C25H27ClF6N4O4S/c1-14(2)11-35(13-24(27,28)29)18(10-33-23(39)19-5-6-20(26)41-19)22(38)34-17-4-3-15(9-16(17)25(30,31)32)36-7-8-40-12-21(36)37/h3-6,9,14,18H,7-8,10-13H2,1-2H3,(H,33,39)(H,34,38)/t18-/m1/s1. The van der Waals surface area contributed by atoms with Gasteiger partial charge in [-0.2, -0.15) is 26.3 Å². The number of nitrogens with zero attached hydrogens (tertiary/aromatic N) is 2. The molecular formula is C25H27ClF6N4O4S. The van der Waals surface area contributed by atoms with Crippen LogP contribution < -0.4 is 15.5 Å². The number of halogens is 7. The van der Waals surface area contributed by atoms with E-state index in [1.807, 2.05) is 0 Å². The molecule has 2 heterocycles. The summed E-state index contributed by atoms with van der Waals surface area (Å²) in [5, 5.41) is 4.48. The fourth-order valence-corrected chi connectivity index (χ4v) is 5.11. The van der Waals surface area contributed by atoms with Crippen LogP contribution in [0.1, 0.15) is 29.1 Å². The number of benzene rings is 1. The number of thiophene rings is 1. The minimum absolute atomic E-state index is 0.0145. The lowest BCUT2D eigenvalue weighted by Crippen LogP contribution is -2.54. The number of alkyl halides is 6. The molecule has 1 atom stereocenters. The third kappa shape index (κ3) is 9.31. The average Bonchev–Trinajstić information content (AvgIpc) is 3.29. The summed E-state index contributed by atoms with van der Waals surface area (Å²) in [4.78, 5) is 40.0. The molecule has 1 aromatic heterocycles. The van der Waals surface area contributed by atoms with Crippen molar-refractivity contribution >= 4 is 52.0 Å². The van der Waals surface area contributed by atoms with Gasteiger partial charge in [0.15, 0.2) is 0 Å². The number of hydrogen-bond donors (Lipinski definition) is 2. The van der Waals surface area contributed by atoms with Crippen LogP contribution in [0.2, 0.25) is 4.34 Å². The van der Waals surface area contributed by atoms with Gasteiger partial charge in [-0.15, -0.1) is 11.3 Å². The molecule has 8 nitrogen and oxygen atoms in total. The third-order valence-electron chi connectivity index (χ3n) is 5.84. The van der Waals surface area contributed by atoms with Gasteiger partial charge in [-0.1, -0.05) is 25.4 Å². The summed E-state index contributed by atoms with van der Waals surface area (Å²) >= 11 is 6.73. The maximum atomic E-state index is 14.0. The molecular weight excluding hydrogens is 602 g/mol. The molecule has 1 aromatic carbocycles. The summed E-state index contributed by atoms with van der Waals surface area (Å²) in [7, 11) is 0. The summed E-state index contributed by atoms with van der Waals surface area (Å²) in [5.41, 5.74) is -2.10. The first-order chi connectivity index (χ1) is 19.0. The number of carbonyl (C=O) groups excluding carboxylic acids is 3. The van der Waals surface area contributed by atoms with Crippen molar-refractivity contribution in [2.75, 3.05) is 49.6 Å². The molecule has 0 saturated carbocycles. The highest BCUT2D eigenvalue weighted by molar-refractivity contribution is 7.18. The van der Waals surface area contributed by atoms with E-state index in [1.165, 1.54) is 18.2 Å². The molecule has 16 heteroatoms. The van der Waals surface area contributed by atoms with E-state index in [0.29, 0.717) is 6.07 Å². The number of rotatable bonds is 10. The van der Waals surface area contributed by atoms with E-state index in [9.17, 15) is 40.7 Å². The first-order valence-corrected chi connectivity index (χ1v) is 13.5. The molecule has 3 rings (SSSR count). The van der Waals surface area contributed by atoms with Gasteiger partial charge in [0, 0.05) is 25.3 Å². The lowest BCUT2D eigenvalue weighted by atomic mass is 10.1. The van der Waals surface area contributed by atoms with Gasteiger partial charge in [0.05, 0.1) is 33.6 Å². The highest BCUT2D eigenvalue weighted by Crippen LogP contribution is 2.38. The first-order valence-electron chi connectivity index (χ1n) is 12.3. The van der Waals surface area contributed by atoms with Crippen molar-refractivity contribution in [3.8, 4) is 0 Å². The third-order valence-corrected chi connectivity index (χ3v) is 7.07. The second-order valence-electron chi connectivity index (χ2n) is 9.58. The molecule has 0 aliphatic carbocycles. The van der Waals surface area contributed by atoms with E-state index in [1.54, 1.807) is 13.8 Å². The van der Waals surface area contributed by atoms with Gasteiger partial charge >= 0.3 is 12.4 Å². The fraction of sp³-hybridized carbons (Fsp3) is 0.480. The zero-order valence-electron chi connectivity index (χ0n) is 21.9. The van der Waals surface area contributed by atoms with Crippen LogP contribution in [0, 0.1) is 5.92 Å². The Bertz CT molecular complexity index is 1250. The summed E-state index contributed by atoms with van der Waals surface area (Å²) < 4.78 is 87.8. The molecule has 0 bridgehead atoms. The van der Waals surface area contributed by atoms with Crippen molar-refractivity contribution in [2.24, 2.45) is 5.92 Å². The van der Waals surface area contributed by atoms with Crippen molar-refractivity contribution < 1.29 is 45.5 Å². The van der Waals surface area contributed by atoms with Gasteiger partial charge in [0.25, 0.3) is 11.8 Å². The Morgan fingerprint density at radius 2 is 1.85 bits per heavy atom. The van der Waals surface area contributed by atoms with E-state index >= 15 is 0 Å². The van der Waals surface area contributed by atoms with Crippen molar-refractivity contribution in [3.63, 3.8) is 0 Å². The van der Waals surface area contributed by atoms with Crippen molar-refractivity contribution in [2.45, 2.75) is 32.2 Å². The summed E-state index contributed by atoms with van der Waals surface area (Å²) in [5.74, 6) is -2.83. The maximum Gasteiger partial charge on any atom is 0.418 e. The molecule has 3 amide bonds. The molecule has 226 valence electrons. The van der Waals surface area contributed by atoms with Crippen LogP contribution in [0.5, 0.6) is 0 Å². The average molecular weight is 629 g/mol. The zero-order valence-corrected chi connectivity index (χ0v) is 23.4. The van der Waals surface area contributed by atoms with E-state index in [4.69, 9.17) is 16.3 Å². The fourth-order valence-electron chi connectivity index (χ4n) is 4.15. The van der Waals surface area contributed by atoms with Crippen LogP contribution in [-0.2, 0) is 20.5 Å². The van der Waals surface area contributed by atoms with E-state index < -0.39 is 60.5 Å². The number of hydrogen-bond acceptors (Lipinski definition) is 6. The molecule has 1 fully saturated rings. The van der Waals surface area contributed by atoms with Crippen LogP contribution in [0.4, 0.5) is 37.7 Å². The summed E-state index contributed by atoms with van der Waals surface area (Å²) in [6, 6.07) is 3.92. The van der Waals surface area contributed by atoms with E-state index in [-0.39, 0.29) is 47.1 Å². The Morgan fingerprint density at radius 1 is 1.15 bits per heavy atom. The predicted molar refractivity (Wildman–Crippen MR) is 141 cm³/mol. The van der Waals surface area contributed by atoms with Crippen LogP contribution in [0.15, 0.2) is 30.3 Å². The topological polar surface area (TPSA) is 91.0 Å². The number of amides is 3. The van der Waals surface area contributed by atoms with Crippen molar-refractivity contribution in [1.29, 1.82) is 0 Å². The number of ether oxygens (including phenoxy) is 1. The second-order valence-corrected chi connectivity index (χ2v) is 11.3.